The van der Waals surface area contributed by atoms with E-state index in [0.29, 0.717) is 0 Å². The molecule has 0 radical (unpaired) electrons. The molecular formula is C18H23N5O. The molecule has 0 aliphatic rings. The number of benzene rings is 2. The van der Waals surface area contributed by atoms with E-state index in [1.54, 1.807) is 0 Å². The van der Waals surface area contributed by atoms with E-state index in [1.165, 1.54) is 0 Å². The highest BCUT2D eigenvalue weighted by Crippen LogP contribution is 2.24. The van der Waals surface area contributed by atoms with Crippen molar-refractivity contribution in [2.45, 2.75) is 19.9 Å². The average molecular weight is 325 g/mol. The predicted molar refractivity (Wildman–Crippen MR) is 99.2 cm³/mol. The third-order valence-electron chi connectivity index (χ3n) is 3.31. The molecule has 0 heterocycles. The standard InChI is InChI=1S/C18H23N5O/c1-12(2)21-11-17(24)22-16-5-3-4-14(10-16)13-6-8-15(9-7-13)23-18(19)20/h3-10,12,21H,11H2,1-2H3,(H,22,24)(H4,19,20,23). The van der Waals surface area contributed by atoms with Crippen LogP contribution in [0, 0.1) is 5.41 Å². The van der Waals surface area contributed by atoms with Crippen LogP contribution in [0.5, 0.6) is 0 Å². The van der Waals surface area contributed by atoms with Gasteiger partial charge in [0.15, 0.2) is 5.96 Å². The van der Waals surface area contributed by atoms with Gasteiger partial charge < -0.3 is 21.7 Å². The molecule has 0 aliphatic carbocycles. The number of hydrogen-bond donors (Lipinski definition) is 5. The summed E-state index contributed by atoms with van der Waals surface area (Å²) >= 11 is 0. The Hall–Kier alpha value is -2.86. The van der Waals surface area contributed by atoms with Crippen molar-refractivity contribution in [3.05, 3.63) is 48.5 Å². The Bertz CT molecular complexity index is 710. The molecule has 0 unspecified atom stereocenters. The second-order valence-corrected chi connectivity index (χ2v) is 5.78. The van der Waals surface area contributed by atoms with Gasteiger partial charge in [-0.15, -0.1) is 0 Å². The molecule has 2 aromatic carbocycles. The van der Waals surface area contributed by atoms with Gasteiger partial charge in [0.1, 0.15) is 0 Å². The number of hydrogen-bond acceptors (Lipinski definition) is 3. The first-order valence-electron chi connectivity index (χ1n) is 7.79. The summed E-state index contributed by atoms with van der Waals surface area (Å²) in [7, 11) is 0. The van der Waals surface area contributed by atoms with E-state index in [1.807, 2.05) is 62.4 Å². The third kappa shape index (κ3) is 5.40. The summed E-state index contributed by atoms with van der Waals surface area (Å²) in [5, 5.41) is 15.9. The molecule has 2 rings (SSSR count). The minimum absolute atomic E-state index is 0.0677. The van der Waals surface area contributed by atoms with Crippen LogP contribution in [0.2, 0.25) is 0 Å². The molecule has 0 spiro atoms. The van der Waals surface area contributed by atoms with Gasteiger partial charge in [-0.2, -0.15) is 0 Å². The summed E-state index contributed by atoms with van der Waals surface area (Å²) < 4.78 is 0. The van der Waals surface area contributed by atoms with E-state index in [2.05, 4.69) is 16.0 Å². The summed E-state index contributed by atoms with van der Waals surface area (Å²) in [6.07, 6.45) is 0. The summed E-state index contributed by atoms with van der Waals surface area (Å²) in [6.45, 7) is 4.28. The van der Waals surface area contributed by atoms with Crippen LogP contribution >= 0.6 is 0 Å². The molecule has 0 atom stereocenters. The van der Waals surface area contributed by atoms with E-state index in [0.717, 1.165) is 22.5 Å². The molecule has 0 aromatic heterocycles. The van der Waals surface area contributed by atoms with E-state index < -0.39 is 0 Å². The zero-order chi connectivity index (χ0) is 17.5. The molecule has 6 nitrogen and oxygen atoms in total. The predicted octanol–water partition coefficient (Wildman–Crippen LogP) is 2.60. The maximum atomic E-state index is 11.9. The minimum Gasteiger partial charge on any atom is -0.370 e. The number of nitrogens with one attached hydrogen (secondary N) is 4. The molecule has 0 bridgehead atoms. The molecule has 0 aliphatic heterocycles. The lowest BCUT2D eigenvalue weighted by Gasteiger charge is -2.10. The topological polar surface area (TPSA) is 103 Å². The molecule has 24 heavy (non-hydrogen) atoms. The fourth-order valence-electron chi connectivity index (χ4n) is 2.18. The zero-order valence-corrected chi connectivity index (χ0v) is 13.9. The highest BCUT2D eigenvalue weighted by atomic mass is 16.1. The van der Waals surface area contributed by atoms with Crippen molar-refractivity contribution in [3.63, 3.8) is 0 Å². The van der Waals surface area contributed by atoms with Crippen LogP contribution in [0.4, 0.5) is 11.4 Å². The molecule has 6 heteroatoms. The molecule has 0 saturated heterocycles. The van der Waals surface area contributed by atoms with Crippen molar-refractivity contribution < 1.29 is 4.79 Å². The van der Waals surface area contributed by atoms with Crippen LogP contribution in [-0.2, 0) is 4.79 Å². The van der Waals surface area contributed by atoms with Crippen LogP contribution in [-0.4, -0.2) is 24.5 Å². The highest BCUT2D eigenvalue weighted by molar-refractivity contribution is 5.93. The van der Waals surface area contributed by atoms with Gasteiger partial charge in [0.05, 0.1) is 6.54 Å². The molecule has 2 aromatic rings. The summed E-state index contributed by atoms with van der Waals surface area (Å²) in [5.41, 5.74) is 8.84. The fourth-order valence-corrected chi connectivity index (χ4v) is 2.18. The van der Waals surface area contributed by atoms with Crippen molar-refractivity contribution >= 4 is 23.2 Å². The molecule has 1 amide bonds. The number of anilines is 2. The second kappa shape index (κ2) is 8.12. The maximum Gasteiger partial charge on any atom is 0.238 e. The monoisotopic (exact) mass is 325 g/mol. The number of rotatable bonds is 6. The number of carbonyl (C=O) groups is 1. The SMILES string of the molecule is CC(C)NCC(=O)Nc1cccc(-c2ccc(NC(=N)N)cc2)c1. The average Bonchev–Trinajstić information content (AvgIpc) is 2.53. The van der Waals surface area contributed by atoms with Crippen molar-refractivity contribution in [1.82, 2.24) is 5.32 Å². The van der Waals surface area contributed by atoms with Gasteiger partial charge in [0.2, 0.25) is 5.91 Å². The number of amides is 1. The van der Waals surface area contributed by atoms with Gasteiger partial charge in [-0.3, -0.25) is 10.2 Å². The first-order chi connectivity index (χ1) is 11.4. The van der Waals surface area contributed by atoms with Crippen molar-refractivity contribution in [1.29, 1.82) is 5.41 Å². The van der Waals surface area contributed by atoms with Gasteiger partial charge in [0.25, 0.3) is 0 Å². The summed E-state index contributed by atoms with van der Waals surface area (Å²) in [4.78, 5) is 11.9. The van der Waals surface area contributed by atoms with Crippen LogP contribution < -0.4 is 21.7 Å². The first kappa shape index (κ1) is 17.5. The Kier molecular flexibility index (Phi) is 5.92. The second-order valence-electron chi connectivity index (χ2n) is 5.78. The lowest BCUT2D eigenvalue weighted by molar-refractivity contribution is -0.115. The van der Waals surface area contributed by atoms with Crippen molar-refractivity contribution in [2.75, 3.05) is 17.2 Å². The van der Waals surface area contributed by atoms with Crippen LogP contribution in [0.25, 0.3) is 11.1 Å². The lowest BCUT2D eigenvalue weighted by atomic mass is 10.0. The maximum absolute atomic E-state index is 11.9. The normalized spacial score (nSPS) is 10.5. The van der Waals surface area contributed by atoms with Gasteiger partial charge in [-0.25, -0.2) is 0 Å². The Balaban J connectivity index is 2.06. The Morgan fingerprint density at radius 3 is 2.38 bits per heavy atom. The van der Waals surface area contributed by atoms with Gasteiger partial charge in [-0.1, -0.05) is 38.1 Å². The van der Waals surface area contributed by atoms with Gasteiger partial charge in [0, 0.05) is 17.4 Å². The first-order valence-corrected chi connectivity index (χ1v) is 7.79. The van der Waals surface area contributed by atoms with Crippen LogP contribution in [0.1, 0.15) is 13.8 Å². The quantitative estimate of drug-likeness (QED) is 0.416. The largest absolute Gasteiger partial charge is 0.370 e. The number of guanidine groups is 1. The smallest absolute Gasteiger partial charge is 0.238 e. The molecule has 6 N–H and O–H groups in total. The Morgan fingerprint density at radius 2 is 1.75 bits per heavy atom. The van der Waals surface area contributed by atoms with E-state index in [-0.39, 0.29) is 24.5 Å². The minimum atomic E-state index is -0.0949. The van der Waals surface area contributed by atoms with Crippen molar-refractivity contribution in [3.8, 4) is 11.1 Å². The zero-order valence-electron chi connectivity index (χ0n) is 13.9. The van der Waals surface area contributed by atoms with E-state index in [4.69, 9.17) is 11.1 Å². The third-order valence-corrected chi connectivity index (χ3v) is 3.31. The molecular weight excluding hydrogens is 302 g/mol. The Morgan fingerprint density at radius 1 is 1.04 bits per heavy atom. The fraction of sp³-hybridized carbons (Fsp3) is 0.222. The van der Waals surface area contributed by atoms with E-state index >= 15 is 0 Å². The molecule has 0 saturated carbocycles. The number of nitrogens with two attached hydrogens (primary N) is 1. The van der Waals surface area contributed by atoms with Gasteiger partial charge in [-0.05, 0) is 35.4 Å². The lowest BCUT2D eigenvalue weighted by Crippen LogP contribution is -2.32. The summed E-state index contributed by atoms with van der Waals surface area (Å²) in [5.74, 6) is -0.163. The Labute approximate surface area is 142 Å². The van der Waals surface area contributed by atoms with Crippen LogP contribution in [0.15, 0.2) is 48.5 Å². The van der Waals surface area contributed by atoms with Gasteiger partial charge >= 0.3 is 0 Å². The van der Waals surface area contributed by atoms with Crippen LogP contribution in [0.3, 0.4) is 0 Å². The molecule has 0 fully saturated rings. The highest BCUT2D eigenvalue weighted by Gasteiger charge is 2.05. The number of carbonyl (C=O) groups excluding carboxylic acids is 1. The summed E-state index contributed by atoms with van der Waals surface area (Å²) in [6, 6.07) is 15.5. The van der Waals surface area contributed by atoms with E-state index in [9.17, 15) is 4.79 Å². The van der Waals surface area contributed by atoms with Crippen molar-refractivity contribution in [2.24, 2.45) is 5.73 Å². The molecule has 126 valence electrons.